The molecule has 0 aliphatic heterocycles. The van der Waals surface area contributed by atoms with E-state index in [-0.39, 0.29) is 31.2 Å². The number of hydrogen-bond donors (Lipinski definition) is 0. The Bertz CT molecular complexity index is 488. The lowest BCUT2D eigenvalue weighted by atomic mass is 10.2. The molecule has 0 heterocycles. The zero-order chi connectivity index (χ0) is 16.9. The fraction of sp³-hybridized carbons (Fsp3) is 0.556. The highest BCUT2D eigenvalue weighted by atomic mass is 19.1. The SMILES string of the molecule is CCCCCCCOC(=O)CCC(=O)OCc1cccc(F)c1. The van der Waals surface area contributed by atoms with E-state index in [1.54, 1.807) is 12.1 Å². The van der Waals surface area contributed by atoms with Crippen LogP contribution in [-0.2, 0) is 25.7 Å². The van der Waals surface area contributed by atoms with Crippen molar-refractivity contribution in [2.75, 3.05) is 6.61 Å². The summed E-state index contributed by atoms with van der Waals surface area (Å²) < 4.78 is 23.0. The predicted octanol–water partition coefficient (Wildman–Crippen LogP) is 4.16. The van der Waals surface area contributed by atoms with Gasteiger partial charge in [0.1, 0.15) is 12.4 Å². The van der Waals surface area contributed by atoms with Crippen molar-refractivity contribution in [2.45, 2.75) is 58.5 Å². The molecule has 4 nitrogen and oxygen atoms in total. The number of carbonyl (C=O) groups is 2. The Balaban J connectivity index is 2.07. The molecule has 1 rings (SSSR count). The first-order valence-electron chi connectivity index (χ1n) is 8.17. The smallest absolute Gasteiger partial charge is 0.306 e. The molecular weight excluding hydrogens is 299 g/mol. The highest BCUT2D eigenvalue weighted by molar-refractivity contribution is 5.77. The molecule has 0 fully saturated rings. The third-order valence-electron chi connectivity index (χ3n) is 3.33. The van der Waals surface area contributed by atoms with Crippen LogP contribution in [0.2, 0.25) is 0 Å². The number of unbranched alkanes of at least 4 members (excludes halogenated alkanes) is 4. The fourth-order valence-electron chi connectivity index (χ4n) is 2.03. The third kappa shape index (κ3) is 9.66. The zero-order valence-corrected chi connectivity index (χ0v) is 13.7. The van der Waals surface area contributed by atoms with Crippen LogP contribution in [-0.4, -0.2) is 18.5 Å². The van der Waals surface area contributed by atoms with Crippen LogP contribution in [0.25, 0.3) is 0 Å². The van der Waals surface area contributed by atoms with E-state index in [4.69, 9.17) is 9.47 Å². The van der Waals surface area contributed by atoms with Crippen molar-refractivity contribution in [3.05, 3.63) is 35.6 Å². The summed E-state index contributed by atoms with van der Waals surface area (Å²) in [6.45, 7) is 2.55. The Hall–Kier alpha value is -1.91. The van der Waals surface area contributed by atoms with Crippen molar-refractivity contribution in [1.82, 2.24) is 0 Å². The highest BCUT2D eigenvalue weighted by Gasteiger charge is 2.09. The summed E-state index contributed by atoms with van der Waals surface area (Å²) in [6, 6.07) is 5.85. The van der Waals surface area contributed by atoms with Crippen LogP contribution in [0.3, 0.4) is 0 Å². The number of carbonyl (C=O) groups excluding carboxylic acids is 2. The normalized spacial score (nSPS) is 10.3. The maximum atomic E-state index is 13.0. The standard InChI is InChI=1S/C18H25FO4/c1-2-3-4-5-6-12-22-17(20)10-11-18(21)23-14-15-8-7-9-16(19)13-15/h7-9,13H,2-6,10-12,14H2,1H3. The first kappa shape index (κ1) is 19.1. The molecular formula is C18H25FO4. The van der Waals surface area contributed by atoms with Gasteiger partial charge in [-0.2, -0.15) is 0 Å². The van der Waals surface area contributed by atoms with Crippen molar-refractivity contribution in [3.8, 4) is 0 Å². The highest BCUT2D eigenvalue weighted by Crippen LogP contribution is 2.07. The van der Waals surface area contributed by atoms with E-state index in [9.17, 15) is 14.0 Å². The Morgan fingerprint density at radius 1 is 1.00 bits per heavy atom. The Morgan fingerprint density at radius 2 is 1.70 bits per heavy atom. The lowest BCUT2D eigenvalue weighted by Crippen LogP contribution is -2.11. The van der Waals surface area contributed by atoms with E-state index >= 15 is 0 Å². The maximum absolute atomic E-state index is 13.0. The van der Waals surface area contributed by atoms with Gasteiger partial charge in [-0.25, -0.2) is 4.39 Å². The Morgan fingerprint density at radius 3 is 2.39 bits per heavy atom. The van der Waals surface area contributed by atoms with E-state index in [1.807, 2.05) is 0 Å². The monoisotopic (exact) mass is 324 g/mol. The fourth-order valence-corrected chi connectivity index (χ4v) is 2.03. The molecule has 0 atom stereocenters. The molecule has 0 saturated carbocycles. The van der Waals surface area contributed by atoms with Gasteiger partial charge in [-0.1, -0.05) is 44.7 Å². The number of rotatable bonds is 11. The second-order valence-electron chi connectivity index (χ2n) is 5.43. The molecule has 0 unspecified atom stereocenters. The van der Waals surface area contributed by atoms with E-state index < -0.39 is 5.97 Å². The predicted molar refractivity (Wildman–Crippen MR) is 85.1 cm³/mol. The van der Waals surface area contributed by atoms with Crippen LogP contribution < -0.4 is 0 Å². The van der Waals surface area contributed by atoms with Crippen molar-refractivity contribution >= 4 is 11.9 Å². The minimum atomic E-state index is -0.492. The third-order valence-corrected chi connectivity index (χ3v) is 3.33. The molecule has 0 aromatic heterocycles. The molecule has 0 aliphatic rings. The second-order valence-corrected chi connectivity index (χ2v) is 5.43. The van der Waals surface area contributed by atoms with E-state index in [2.05, 4.69) is 6.92 Å². The first-order valence-corrected chi connectivity index (χ1v) is 8.17. The second kappa shape index (κ2) is 11.6. The number of esters is 2. The van der Waals surface area contributed by atoms with Crippen molar-refractivity contribution < 1.29 is 23.5 Å². The molecule has 0 radical (unpaired) electrons. The van der Waals surface area contributed by atoms with Gasteiger partial charge in [0.25, 0.3) is 0 Å². The number of halogens is 1. The van der Waals surface area contributed by atoms with E-state index in [0.717, 1.165) is 19.3 Å². The first-order chi connectivity index (χ1) is 11.1. The van der Waals surface area contributed by atoms with Gasteiger partial charge in [-0.15, -0.1) is 0 Å². The van der Waals surface area contributed by atoms with Crippen LogP contribution in [0, 0.1) is 5.82 Å². The van der Waals surface area contributed by atoms with Gasteiger partial charge in [0, 0.05) is 0 Å². The van der Waals surface area contributed by atoms with Gasteiger partial charge in [-0.3, -0.25) is 9.59 Å². The summed E-state index contributed by atoms with van der Waals surface area (Å²) in [6.07, 6.45) is 5.43. The van der Waals surface area contributed by atoms with Crippen LogP contribution in [0.1, 0.15) is 57.4 Å². The molecule has 0 amide bonds. The molecule has 0 spiro atoms. The Kier molecular flexibility index (Phi) is 9.68. The van der Waals surface area contributed by atoms with Crippen LogP contribution >= 0.6 is 0 Å². The molecule has 1 aromatic carbocycles. The molecule has 5 heteroatoms. The van der Waals surface area contributed by atoms with Crippen molar-refractivity contribution in [2.24, 2.45) is 0 Å². The van der Waals surface area contributed by atoms with Gasteiger partial charge in [-0.05, 0) is 24.1 Å². The molecule has 0 N–H and O–H groups in total. The molecule has 0 aliphatic carbocycles. The minimum Gasteiger partial charge on any atom is -0.466 e. The molecule has 0 saturated heterocycles. The molecule has 1 aromatic rings. The summed E-state index contributed by atoms with van der Waals surface area (Å²) in [5.74, 6) is -1.25. The zero-order valence-electron chi connectivity index (χ0n) is 13.7. The van der Waals surface area contributed by atoms with Gasteiger partial charge in [0.05, 0.1) is 19.4 Å². The average Bonchev–Trinajstić information content (AvgIpc) is 2.54. The summed E-state index contributed by atoms with van der Waals surface area (Å²) in [4.78, 5) is 23.0. The van der Waals surface area contributed by atoms with E-state index in [1.165, 1.54) is 25.0 Å². The quantitative estimate of drug-likeness (QED) is 0.453. The minimum absolute atomic E-state index is 0.00305. The number of hydrogen-bond acceptors (Lipinski definition) is 4. The van der Waals surface area contributed by atoms with Crippen molar-refractivity contribution in [3.63, 3.8) is 0 Å². The lowest BCUT2D eigenvalue weighted by Gasteiger charge is -2.06. The summed E-state index contributed by atoms with van der Waals surface area (Å²) in [5, 5.41) is 0. The Labute approximate surface area is 137 Å². The van der Waals surface area contributed by atoms with Crippen LogP contribution in [0.4, 0.5) is 4.39 Å². The summed E-state index contributed by atoms with van der Waals surface area (Å²) in [7, 11) is 0. The molecule has 0 bridgehead atoms. The molecule has 128 valence electrons. The van der Waals surface area contributed by atoms with Gasteiger partial charge in [0.15, 0.2) is 0 Å². The number of benzene rings is 1. The largest absolute Gasteiger partial charge is 0.466 e. The van der Waals surface area contributed by atoms with E-state index in [0.29, 0.717) is 12.2 Å². The van der Waals surface area contributed by atoms with Crippen LogP contribution in [0.15, 0.2) is 24.3 Å². The summed E-state index contributed by atoms with van der Waals surface area (Å²) >= 11 is 0. The maximum Gasteiger partial charge on any atom is 0.306 e. The van der Waals surface area contributed by atoms with Crippen molar-refractivity contribution in [1.29, 1.82) is 0 Å². The molecule has 23 heavy (non-hydrogen) atoms. The van der Waals surface area contributed by atoms with Gasteiger partial charge in [0.2, 0.25) is 0 Å². The van der Waals surface area contributed by atoms with Crippen LogP contribution in [0.5, 0.6) is 0 Å². The topological polar surface area (TPSA) is 52.6 Å². The lowest BCUT2D eigenvalue weighted by molar-refractivity contribution is -0.151. The number of ether oxygens (including phenoxy) is 2. The average molecular weight is 324 g/mol. The van der Waals surface area contributed by atoms with Gasteiger partial charge >= 0.3 is 11.9 Å². The summed E-state index contributed by atoms with van der Waals surface area (Å²) in [5.41, 5.74) is 0.577. The van der Waals surface area contributed by atoms with Gasteiger partial charge < -0.3 is 9.47 Å².